The molecule has 0 spiro atoms. The number of carboxylic acid groups (broad SMARTS) is 4. The predicted octanol–water partition coefficient (Wildman–Crippen LogP) is -0.337. The topological polar surface area (TPSA) is 181 Å². The molecule has 0 aliphatic rings. The van der Waals surface area contributed by atoms with Crippen molar-refractivity contribution in [1.82, 2.24) is 9.97 Å². The van der Waals surface area contributed by atoms with E-state index in [1.165, 1.54) is 12.1 Å². The van der Waals surface area contributed by atoms with Gasteiger partial charge >= 0.3 is 47.3 Å². The first-order valence-electron chi connectivity index (χ1n) is 6.27. The molecule has 0 unspecified atom stereocenters. The Morgan fingerprint density at radius 2 is 1.11 bits per heavy atom. The van der Waals surface area contributed by atoms with Crippen molar-refractivity contribution < 1.29 is 56.1 Å². The molecule has 0 aliphatic carbocycles. The summed E-state index contributed by atoms with van der Waals surface area (Å²) in [6.45, 7) is 0. The quantitative estimate of drug-likeness (QED) is 0.473. The summed E-state index contributed by atoms with van der Waals surface area (Å²) in [5.74, 6) is -5.36. The van der Waals surface area contributed by atoms with Gasteiger partial charge in [-0.3, -0.25) is 0 Å². The van der Waals surface area contributed by atoms with Gasteiger partial charge in [0.1, 0.15) is 11.4 Å². The van der Waals surface area contributed by atoms with E-state index >= 15 is 0 Å². The van der Waals surface area contributed by atoms with Crippen LogP contribution in [0.3, 0.4) is 0 Å². The van der Waals surface area contributed by atoms with Gasteiger partial charge in [0.2, 0.25) is 0 Å². The van der Waals surface area contributed by atoms with Gasteiger partial charge in [-0.15, -0.1) is 0 Å². The Morgan fingerprint density at radius 3 is 1.33 bits per heavy atom. The van der Waals surface area contributed by atoms with E-state index in [1.54, 1.807) is 0 Å². The molecule has 0 atom stereocenters. The number of nitrogens with zero attached hydrogens (tertiary/aromatic N) is 2. The summed E-state index contributed by atoms with van der Waals surface area (Å²) in [4.78, 5) is 47.9. The van der Waals surface area contributed by atoms with Gasteiger partial charge in [0.25, 0.3) is 0 Å². The molecule has 0 saturated carbocycles. The molecule has 0 bridgehead atoms. The van der Waals surface area contributed by atoms with Crippen LogP contribution in [-0.2, 0) is 16.5 Å². The summed E-state index contributed by atoms with van der Waals surface area (Å²) in [7, 11) is 9.75. The van der Waals surface area contributed by atoms with Gasteiger partial charge in [-0.1, -0.05) is 0 Å². The number of hydrogen-bond donors (Lipinski definition) is 2. The number of carboxylic acids is 4. The molecule has 2 rings (SSSR count). The monoisotopic (exact) mass is 597 g/mol. The van der Waals surface area contributed by atoms with Crippen LogP contribution in [0, 0.1) is 0 Å². The van der Waals surface area contributed by atoms with Crippen molar-refractivity contribution in [2.45, 2.75) is 0 Å². The molecule has 13 heteroatoms. The van der Waals surface area contributed by atoms with Crippen LogP contribution in [0.2, 0.25) is 0 Å². The van der Waals surface area contributed by atoms with Crippen LogP contribution in [0.5, 0.6) is 0 Å². The summed E-state index contributed by atoms with van der Waals surface area (Å²) in [6.07, 6.45) is 2.21. The predicted molar refractivity (Wildman–Crippen MR) is 82.8 cm³/mol. The average Bonchev–Trinajstić information content (AvgIpc) is 2.63. The molecule has 0 aliphatic heterocycles. The van der Waals surface area contributed by atoms with E-state index < -0.39 is 40.4 Å². The third kappa shape index (κ3) is 9.64. The van der Waals surface area contributed by atoms with Crippen molar-refractivity contribution in [2.75, 3.05) is 0 Å². The van der Waals surface area contributed by atoms with Gasteiger partial charge in [-0.05, 0) is 24.3 Å². The minimum absolute atomic E-state index is 0.192. The molecule has 146 valence electrons. The molecule has 27 heavy (non-hydrogen) atoms. The average molecular weight is 598 g/mol. The van der Waals surface area contributed by atoms with E-state index in [0.717, 1.165) is 24.5 Å². The Hall–Kier alpha value is -2.55. The molecule has 0 aromatic carbocycles. The third-order valence-electron chi connectivity index (χ3n) is 2.43. The standard InChI is InChI=1S/2C7H5NO4.2ClH.Pt/c2*9-6(10)4-1-2-8-5(3-4)7(11)12;;;/h2*1-3H,(H,9,10)(H,11,12);2*1H;/q;;;;+4/p-4. The van der Waals surface area contributed by atoms with Crippen molar-refractivity contribution in [3.8, 4) is 0 Å². The molecular formula is C14H8Cl2N2O8Pt. The van der Waals surface area contributed by atoms with Gasteiger partial charge in [-0.2, -0.15) is 0 Å². The van der Waals surface area contributed by atoms with Crippen molar-refractivity contribution in [3.05, 3.63) is 59.2 Å². The fraction of sp³-hybridized carbons (Fsp3) is 0. The molecule has 0 fully saturated rings. The number of hydrogen-bond acceptors (Lipinski definition) is 8. The zero-order valence-electron chi connectivity index (χ0n) is 12.8. The van der Waals surface area contributed by atoms with E-state index in [1.807, 2.05) is 0 Å². The van der Waals surface area contributed by atoms with E-state index in [4.69, 9.17) is 29.0 Å². The molecular weight excluding hydrogens is 590 g/mol. The number of halogens is 2. The van der Waals surface area contributed by atoms with E-state index in [-0.39, 0.29) is 22.5 Å². The van der Waals surface area contributed by atoms with Crippen molar-refractivity contribution in [2.24, 2.45) is 0 Å². The van der Waals surface area contributed by atoms with Gasteiger partial charge in [0.15, 0.2) is 0 Å². The molecule has 2 heterocycles. The molecule has 0 saturated heterocycles. The second kappa shape index (κ2) is 12.7. The molecule has 0 radical (unpaired) electrons. The van der Waals surface area contributed by atoms with Crippen LogP contribution >= 0.6 is 18.8 Å². The molecule has 2 aromatic rings. The van der Waals surface area contributed by atoms with Crippen LogP contribution < -0.4 is 10.2 Å². The van der Waals surface area contributed by atoms with E-state index in [0.29, 0.717) is 0 Å². The number of aromatic nitrogens is 2. The maximum atomic E-state index is 10.3. The van der Waals surface area contributed by atoms with E-state index in [9.17, 15) is 29.4 Å². The van der Waals surface area contributed by atoms with Crippen LogP contribution in [0.4, 0.5) is 0 Å². The van der Waals surface area contributed by atoms with Gasteiger partial charge < -0.3 is 30.0 Å². The Balaban J connectivity index is 0.000000438. The van der Waals surface area contributed by atoms with Crippen molar-refractivity contribution in [1.29, 1.82) is 0 Å². The summed E-state index contributed by atoms with van der Waals surface area (Å²) in [5.41, 5.74) is -1.00. The number of carbonyl (C=O) groups is 4. The van der Waals surface area contributed by atoms with Crippen LogP contribution in [-0.4, -0.2) is 44.1 Å². The fourth-order valence-electron chi connectivity index (χ4n) is 1.35. The van der Waals surface area contributed by atoms with E-state index in [2.05, 4.69) is 9.97 Å². The van der Waals surface area contributed by atoms with Crippen molar-refractivity contribution >= 4 is 42.7 Å². The first-order chi connectivity index (χ1) is 12.6. The summed E-state index contributed by atoms with van der Waals surface area (Å²) < 4.78 is 0. The maximum absolute atomic E-state index is 10.3. The third-order valence-corrected chi connectivity index (χ3v) is 2.43. The van der Waals surface area contributed by atoms with Crippen LogP contribution in [0.15, 0.2) is 36.7 Å². The number of rotatable bonds is 4. The molecule has 10 nitrogen and oxygen atoms in total. The Morgan fingerprint density at radius 1 is 0.815 bits per heavy atom. The molecule has 2 N–H and O–H groups in total. The van der Waals surface area contributed by atoms with Gasteiger partial charge in [0, 0.05) is 23.5 Å². The molecule has 2 aromatic heterocycles. The Kier molecular flexibility index (Phi) is 11.5. The first-order valence-corrected chi connectivity index (χ1v) is 11.9. The molecule has 0 amide bonds. The van der Waals surface area contributed by atoms with Crippen LogP contribution in [0.1, 0.15) is 41.7 Å². The minimum atomic E-state index is -1.42. The Bertz CT molecular complexity index is 708. The second-order valence-electron chi connectivity index (χ2n) is 4.09. The summed E-state index contributed by atoms with van der Waals surface area (Å²) in [5, 5.41) is 37.3. The summed E-state index contributed by atoms with van der Waals surface area (Å²) in [6, 6.07) is 4.22. The number of carbonyl (C=O) groups excluding carboxylic acids is 2. The zero-order valence-corrected chi connectivity index (χ0v) is 16.6. The zero-order chi connectivity index (χ0) is 21.0. The number of aromatic carboxylic acids is 4. The number of pyridine rings is 2. The second-order valence-corrected chi connectivity index (χ2v) is 7.37. The van der Waals surface area contributed by atoms with Crippen LogP contribution in [0.25, 0.3) is 0 Å². The SMILES string of the molecule is O=C([O-])c1ccnc(C(=O)O)c1.O=C([O-])c1ccnc(C(=O)O)c1.[Cl][Pt+2][Cl]. The first kappa shape index (κ1) is 24.4. The Labute approximate surface area is 167 Å². The summed E-state index contributed by atoms with van der Waals surface area (Å²) >= 11 is -0.472. The van der Waals surface area contributed by atoms with Gasteiger partial charge in [0.05, 0.1) is 11.9 Å². The van der Waals surface area contributed by atoms with Gasteiger partial charge in [-0.25, -0.2) is 19.6 Å². The van der Waals surface area contributed by atoms with Crippen molar-refractivity contribution in [3.63, 3.8) is 0 Å². The normalized spacial score (nSPS) is 9.11. The fourth-order valence-corrected chi connectivity index (χ4v) is 1.35.